The highest BCUT2D eigenvalue weighted by atomic mass is 16.5. The molecule has 1 aliphatic heterocycles. The molecule has 4 rings (SSSR count). The molecule has 3 aromatic rings. The molecule has 2 aromatic heterocycles. The second kappa shape index (κ2) is 6.55. The molecule has 0 aliphatic carbocycles. The molecule has 6 heteroatoms. The number of pyridine rings is 1. The third-order valence-corrected chi connectivity index (χ3v) is 4.48. The number of nitrogens with one attached hydrogen (secondary N) is 1. The van der Waals surface area contributed by atoms with Gasteiger partial charge in [-0.3, -0.25) is 9.78 Å². The number of rotatable bonds is 4. The van der Waals surface area contributed by atoms with Crippen molar-refractivity contribution in [1.29, 1.82) is 0 Å². The van der Waals surface area contributed by atoms with Gasteiger partial charge in [0.25, 0.3) is 5.56 Å². The lowest BCUT2D eigenvalue weighted by molar-refractivity contribution is 0.341. The molecule has 1 N–H and O–H groups in total. The van der Waals surface area contributed by atoms with E-state index in [1.807, 2.05) is 37.3 Å². The predicted octanol–water partition coefficient (Wildman–Crippen LogP) is 2.98. The number of aromatic amines is 1. The van der Waals surface area contributed by atoms with Crippen molar-refractivity contribution in [1.82, 2.24) is 15.0 Å². The Balaban J connectivity index is 1.90. The molecule has 1 aromatic carbocycles. The number of fused-ring (bicyclic) bond motifs is 1. The average molecular weight is 336 g/mol. The molecular formula is C19H20N4O2. The van der Waals surface area contributed by atoms with Gasteiger partial charge >= 0.3 is 0 Å². The summed E-state index contributed by atoms with van der Waals surface area (Å²) in [5.41, 5.74) is 1.96. The lowest BCUT2D eigenvalue weighted by Crippen LogP contribution is -2.24. The van der Waals surface area contributed by atoms with Gasteiger partial charge in [-0.1, -0.05) is 18.2 Å². The highest BCUT2D eigenvalue weighted by molar-refractivity contribution is 5.93. The molecule has 0 spiro atoms. The van der Waals surface area contributed by atoms with Crippen molar-refractivity contribution < 1.29 is 4.74 Å². The summed E-state index contributed by atoms with van der Waals surface area (Å²) >= 11 is 0. The van der Waals surface area contributed by atoms with Crippen molar-refractivity contribution in [3.8, 4) is 16.9 Å². The zero-order valence-electron chi connectivity index (χ0n) is 14.2. The van der Waals surface area contributed by atoms with E-state index in [0.717, 1.165) is 42.8 Å². The normalized spacial score (nSPS) is 14.2. The second-order valence-corrected chi connectivity index (χ2v) is 6.07. The van der Waals surface area contributed by atoms with Crippen molar-refractivity contribution in [2.45, 2.75) is 19.8 Å². The fourth-order valence-corrected chi connectivity index (χ4v) is 3.33. The van der Waals surface area contributed by atoms with Crippen LogP contribution in [0.15, 0.2) is 41.3 Å². The van der Waals surface area contributed by atoms with Gasteiger partial charge in [-0.25, -0.2) is 4.98 Å². The maximum Gasteiger partial charge on any atom is 0.262 e. The summed E-state index contributed by atoms with van der Waals surface area (Å²) in [5.74, 6) is 1.36. The van der Waals surface area contributed by atoms with Crippen molar-refractivity contribution in [3.63, 3.8) is 0 Å². The van der Waals surface area contributed by atoms with Crippen LogP contribution < -0.4 is 15.2 Å². The van der Waals surface area contributed by atoms with E-state index in [1.165, 1.54) is 0 Å². The molecule has 0 atom stereocenters. The maximum atomic E-state index is 12.8. The molecule has 0 unspecified atom stereocenters. The van der Waals surface area contributed by atoms with E-state index < -0.39 is 0 Å². The standard InChI is InChI=1S/C19H20N4O2/c1-2-25-15-8-4-3-7-13(15)14-9-10-20-17-16(14)18(24)22-19(21-17)23-11-5-6-12-23/h3-4,7-10H,2,5-6,11-12H2,1H3,(H,20,21,22,24). The number of aromatic nitrogens is 3. The molecule has 3 heterocycles. The summed E-state index contributed by atoms with van der Waals surface area (Å²) in [6, 6.07) is 9.56. The number of benzene rings is 1. The Bertz CT molecular complexity index is 961. The minimum atomic E-state index is -0.165. The molecule has 25 heavy (non-hydrogen) atoms. The number of H-pyrrole nitrogens is 1. The SMILES string of the molecule is CCOc1ccccc1-c1ccnc2nc(N3CCCC3)[nH]c(=O)c12. The Morgan fingerprint density at radius 2 is 1.96 bits per heavy atom. The zero-order chi connectivity index (χ0) is 17.2. The fraction of sp³-hybridized carbons (Fsp3) is 0.316. The van der Waals surface area contributed by atoms with Crippen LogP contribution in [0.5, 0.6) is 5.75 Å². The topological polar surface area (TPSA) is 71.1 Å². The Morgan fingerprint density at radius 1 is 1.16 bits per heavy atom. The quantitative estimate of drug-likeness (QED) is 0.793. The molecule has 1 saturated heterocycles. The van der Waals surface area contributed by atoms with Crippen molar-refractivity contribution in [2.75, 3.05) is 24.6 Å². The molecule has 6 nitrogen and oxygen atoms in total. The third kappa shape index (κ3) is 2.84. The maximum absolute atomic E-state index is 12.8. The first kappa shape index (κ1) is 15.6. The molecule has 0 saturated carbocycles. The van der Waals surface area contributed by atoms with Gasteiger partial charge < -0.3 is 9.64 Å². The monoisotopic (exact) mass is 336 g/mol. The van der Waals surface area contributed by atoms with E-state index >= 15 is 0 Å². The summed E-state index contributed by atoms with van der Waals surface area (Å²) < 4.78 is 5.72. The van der Waals surface area contributed by atoms with Gasteiger partial charge in [0.15, 0.2) is 5.65 Å². The smallest absolute Gasteiger partial charge is 0.262 e. The van der Waals surface area contributed by atoms with Crippen LogP contribution in [0.4, 0.5) is 5.95 Å². The summed E-state index contributed by atoms with van der Waals surface area (Å²) in [7, 11) is 0. The largest absolute Gasteiger partial charge is 0.493 e. The van der Waals surface area contributed by atoms with Gasteiger partial charge in [0, 0.05) is 30.4 Å². The van der Waals surface area contributed by atoms with Gasteiger partial charge in [-0.2, -0.15) is 4.98 Å². The number of ether oxygens (including phenoxy) is 1. The van der Waals surface area contributed by atoms with Gasteiger partial charge in [-0.05, 0) is 31.9 Å². The molecule has 0 amide bonds. The number of hydrogen-bond acceptors (Lipinski definition) is 5. The average Bonchev–Trinajstić information content (AvgIpc) is 3.17. The van der Waals surface area contributed by atoms with Crippen LogP contribution in [0.2, 0.25) is 0 Å². The summed E-state index contributed by atoms with van der Waals surface area (Å²) in [6.45, 7) is 4.34. The molecule has 0 bridgehead atoms. The third-order valence-electron chi connectivity index (χ3n) is 4.48. The molecule has 0 radical (unpaired) electrons. The summed E-state index contributed by atoms with van der Waals surface area (Å²) in [5, 5.41) is 0.498. The molecule has 1 fully saturated rings. The van der Waals surface area contributed by atoms with Gasteiger partial charge in [0.05, 0.1) is 12.0 Å². The van der Waals surface area contributed by atoms with E-state index in [-0.39, 0.29) is 5.56 Å². The van der Waals surface area contributed by atoms with E-state index in [2.05, 4.69) is 19.9 Å². The van der Waals surface area contributed by atoms with Crippen LogP contribution in [-0.4, -0.2) is 34.6 Å². The Morgan fingerprint density at radius 3 is 2.76 bits per heavy atom. The molecule has 128 valence electrons. The Kier molecular flexibility index (Phi) is 4.09. The first-order valence-corrected chi connectivity index (χ1v) is 8.64. The lowest BCUT2D eigenvalue weighted by atomic mass is 10.0. The predicted molar refractivity (Wildman–Crippen MR) is 98.2 cm³/mol. The van der Waals surface area contributed by atoms with E-state index in [0.29, 0.717) is 23.6 Å². The highest BCUT2D eigenvalue weighted by Gasteiger charge is 2.18. The van der Waals surface area contributed by atoms with Crippen molar-refractivity contribution >= 4 is 17.0 Å². The number of hydrogen-bond donors (Lipinski definition) is 1. The van der Waals surface area contributed by atoms with Crippen molar-refractivity contribution in [2.24, 2.45) is 0 Å². The Hall–Kier alpha value is -2.89. The summed E-state index contributed by atoms with van der Waals surface area (Å²) in [6.07, 6.45) is 3.94. The van der Waals surface area contributed by atoms with Crippen LogP contribution in [0.1, 0.15) is 19.8 Å². The summed E-state index contributed by atoms with van der Waals surface area (Å²) in [4.78, 5) is 26.8. The van der Waals surface area contributed by atoms with E-state index in [1.54, 1.807) is 6.20 Å². The molecular weight excluding hydrogens is 316 g/mol. The fourth-order valence-electron chi connectivity index (χ4n) is 3.33. The Labute approximate surface area is 145 Å². The highest BCUT2D eigenvalue weighted by Crippen LogP contribution is 2.33. The number of nitrogens with zero attached hydrogens (tertiary/aromatic N) is 3. The van der Waals surface area contributed by atoms with Crippen LogP contribution in [0, 0.1) is 0 Å². The number of anilines is 1. The lowest BCUT2D eigenvalue weighted by Gasteiger charge is -2.16. The van der Waals surface area contributed by atoms with E-state index in [4.69, 9.17) is 4.74 Å². The second-order valence-electron chi connectivity index (χ2n) is 6.07. The van der Waals surface area contributed by atoms with Gasteiger partial charge in [-0.15, -0.1) is 0 Å². The van der Waals surface area contributed by atoms with Crippen molar-refractivity contribution in [3.05, 3.63) is 46.9 Å². The molecule has 1 aliphatic rings. The van der Waals surface area contributed by atoms with E-state index in [9.17, 15) is 4.79 Å². The van der Waals surface area contributed by atoms with Crippen LogP contribution in [0.25, 0.3) is 22.2 Å². The van der Waals surface area contributed by atoms with Gasteiger partial charge in [0.2, 0.25) is 5.95 Å². The first-order valence-electron chi connectivity index (χ1n) is 8.64. The van der Waals surface area contributed by atoms with Crippen LogP contribution in [-0.2, 0) is 0 Å². The zero-order valence-corrected chi connectivity index (χ0v) is 14.2. The minimum absolute atomic E-state index is 0.165. The van der Waals surface area contributed by atoms with Crippen LogP contribution >= 0.6 is 0 Å². The number of para-hydroxylation sites is 1. The first-order chi connectivity index (χ1) is 12.3. The minimum Gasteiger partial charge on any atom is -0.493 e. The van der Waals surface area contributed by atoms with Gasteiger partial charge in [0.1, 0.15) is 5.75 Å². The van der Waals surface area contributed by atoms with Crippen LogP contribution in [0.3, 0.4) is 0 Å².